The van der Waals surface area contributed by atoms with E-state index in [-0.39, 0.29) is 29.6 Å². The number of hydrogen-bond acceptors (Lipinski definition) is 3. The highest BCUT2D eigenvalue weighted by atomic mass is 19.4. The normalized spacial score (nSPS) is 23.0. The Hall–Kier alpha value is -1.76. The number of nitrogens with zero attached hydrogens (tertiary/aromatic N) is 1. The summed E-state index contributed by atoms with van der Waals surface area (Å²) >= 11 is 0. The van der Waals surface area contributed by atoms with E-state index >= 15 is 0 Å². The van der Waals surface area contributed by atoms with Gasteiger partial charge in [-0.1, -0.05) is 12.1 Å². The second-order valence-electron chi connectivity index (χ2n) is 6.67. The lowest BCUT2D eigenvalue weighted by Crippen LogP contribution is -2.53. The summed E-state index contributed by atoms with van der Waals surface area (Å²) in [4.78, 5) is 14.1. The second-order valence-corrected chi connectivity index (χ2v) is 6.67. The number of carbonyl (C=O) groups is 1. The van der Waals surface area contributed by atoms with Crippen LogP contribution in [0.15, 0.2) is 24.3 Å². The molecule has 0 aromatic heterocycles. The molecule has 1 aromatic carbocycles. The highest BCUT2D eigenvalue weighted by Gasteiger charge is 2.47. The maximum Gasteiger partial charge on any atom is 0.573 e. The molecule has 1 aliphatic heterocycles. The van der Waals surface area contributed by atoms with Crippen molar-refractivity contribution in [2.45, 2.75) is 44.6 Å². The molecule has 4 nitrogen and oxygen atoms in total. The van der Waals surface area contributed by atoms with Crippen molar-refractivity contribution in [1.82, 2.24) is 4.90 Å². The van der Waals surface area contributed by atoms with Crippen LogP contribution in [0.25, 0.3) is 0 Å². The molecule has 1 unspecified atom stereocenters. The molecule has 2 aliphatic rings. The molecule has 1 atom stereocenters. The summed E-state index contributed by atoms with van der Waals surface area (Å²) in [6.45, 7) is 1.26. The van der Waals surface area contributed by atoms with Gasteiger partial charge in [0, 0.05) is 13.1 Å². The van der Waals surface area contributed by atoms with Gasteiger partial charge in [0.1, 0.15) is 5.75 Å². The van der Waals surface area contributed by atoms with E-state index in [9.17, 15) is 23.1 Å². The van der Waals surface area contributed by atoms with Crippen molar-refractivity contribution in [3.63, 3.8) is 0 Å². The largest absolute Gasteiger partial charge is 0.573 e. The number of rotatable bonds is 3. The van der Waals surface area contributed by atoms with Crippen LogP contribution < -0.4 is 4.74 Å². The third-order valence-electron chi connectivity index (χ3n) is 5.25. The molecule has 3 rings (SSSR count). The molecule has 0 bridgehead atoms. The molecule has 132 valence electrons. The predicted octanol–water partition coefficient (Wildman–Crippen LogP) is 2.89. The molecule has 1 spiro atoms. The first-order valence-corrected chi connectivity index (χ1v) is 8.08. The van der Waals surface area contributed by atoms with E-state index in [0.29, 0.717) is 18.7 Å². The number of amides is 1. The summed E-state index contributed by atoms with van der Waals surface area (Å²) in [6, 6.07) is 5.37. The molecule has 1 N–H and O–H groups in total. The van der Waals surface area contributed by atoms with E-state index in [2.05, 4.69) is 4.74 Å². The van der Waals surface area contributed by atoms with Crippen molar-refractivity contribution in [3.8, 4) is 5.75 Å². The van der Waals surface area contributed by atoms with Crippen LogP contribution in [-0.2, 0) is 11.2 Å². The molecule has 1 saturated carbocycles. The topological polar surface area (TPSA) is 49.8 Å². The minimum absolute atomic E-state index is 0.00730. The number of benzene rings is 1. The van der Waals surface area contributed by atoms with Crippen molar-refractivity contribution in [3.05, 3.63) is 29.8 Å². The van der Waals surface area contributed by atoms with Crippen LogP contribution in [0.5, 0.6) is 5.75 Å². The lowest BCUT2D eigenvalue weighted by atomic mass is 9.61. The number of halogens is 3. The molecular formula is C17H20F3NO3. The summed E-state index contributed by atoms with van der Waals surface area (Å²) in [5.74, 6) is -0.333. The zero-order valence-corrected chi connectivity index (χ0v) is 13.2. The maximum absolute atomic E-state index is 12.3. The first-order valence-electron chi connectivity index (χ1n) is 8.08. The quantitative estimate of drug-likeness (QED) is 0.918. The fourth-order valence-electron chi connectivity index (χ4n) is 3.56. The van der Waals surface area contributed by atoms with Crippen LogP contribution in [0.2, 0.25) is 0 Å². The summed E-state index contributed by atoms with van der Waals surface area (Å²) in [6.07, 6.45) is -1.29. The fourth-order valence-corrected chi connectivity index (χ4v) is 3.56. The van der Waals surface area contributed by atoms with E-state index in [1.807, 2.05) is 0 Å². The van der Waals surface area contributed by atoms with Crippen LogP contribution in [-0.4, -0.2) is 41.5 Å². The Kier molecular flexibility index (Phi) is 4.46. The van der Waals surface area contributed by atoms with Crippen molar-refractivity contribution < 1.29 is 27.8 Å². The van der Waals surface area contributed by atoms with Gasteiger partial charge in [0.25, 0.3) is 0 Å². The van der Waals surface area contributed by atoms with Gasteiger partial charge in [-0.25, -0.2) is 0 Å². The minimum Gasteiger partial charge on any atom is -0.406 e. The summed E-state index contributed by atoms with van der Waals surface area (Å²) < 4.78 is 40.2. The van der Waals surface area contributed by atoms with Crippen LogP contribution in [0.3, 0.4) is 0 Å². The van der Waals surface area contributed by atoms with Gasteiger partial charge in [0.2, 0.25) is 5.91 Å². The van der Waals surface area contributed by atoms with Gasteiger partial charge < -0.3 is 14.7 Å². The second kappa shape index (κ2) is 6.27. The number of alkyl halides is 3. The molecule has 7 heteroatoms. The minimum atomic E-state index is -4.72. The van der Waals surface area contributed by atoms with Gasteiger partial charge in [-0.3, -0.25) is 4.79 Å². The van der Waals surface area contributed by atoms with Gasteiger partial charge in [0.05, 0.1) is 12.5 Å². The Morgan fingerprint density at radius 1 is 1.21 bits per heavy atom. The zero-order chi connectivity index (χ0) is 17.4. The number of carbonyl (C=O) groups excluding carboxylic acids is 1. The summed E-state index contributed by atoms with van der Waals surface area (Å²) in [7, 11) is 0. The summed E-state index contributed by atoms with van der Waals surface area (Å²) in [5, 5.41) is 9.89. The number of likely N-dealkylation sites (tertiary alicyclic amines) is 1. The monoisotopic (exact) mass is 343 g/mol. The number of ether oxygens (including phenoxy) is 1. The van der Waals surface area contributed by atoms with Crippen molar-refractivity contribution in [2.75, 3.05) is 13.1 Å². The molecule has 1 aromatic rings. The molecule has 1 saturated heterocycles. The van der Waals surface area contributed by atoms with Gasteiger partial charge in [-0.15, -0.1) is 13.2 Å². The average Bonchev–Trinajstić information content (AvgIpc) is 2.54. The van der Waals surface area contributed by atoms with E-state index < -0.39 is 6.36 Å². The van der Waals surface area contributed by atoms with Gasteiger partial charge in [-0.2, -0.15) is 0 Å². The maximum atomic E-state index is 12.3. The van der Waals surface area contributed by atoms with Crippen molar-refractivity contribution >= 4 is 5.91 Å². The van der Waals surface area contributed by atoms with Gasteiger partial charge in [-0.05, 0) is 48.8 Å². The molecule has 1 aliphatic carbocycles. The number of aliphatic hydroxyl groups excluding tert-OH is 1. The van der Waals surface area contributed by atoms with Gasteiger partial charge in [0.15, 0.2) is 0 Å². The standard InChI is InChI=1S/C17H20F3NO3/c18-17(19,20)24-13-3-1-12(2-4-13)11-15(23)21-9-7-16(8-10-21)6-5-14(16)22/h1-4,14,22H,5-11H2. The lowest BCUT2D eigenvalue weighted by Gasteiger charge is -2.51. The Morgan fingerprint density at radius 3 is 2.29 bits per heavy atom. The third kappa shape index (κ3) is 3.66. The van der Waals surface area contributed by atoms with Gasteiger partial charge >= 0.3 is 6.36 Å². The predicted molar refractivity (Wildman–Crippen MR) is 80.3 cm³/mol. The van der Waals surface area contributed by atoms with E-state index in [4.69, 9.17) is 0 Å². The smallest absolute Gasteiger partial charge is 0.406 e. The first-order chi connectivity index (χ1) is 11.3. The molecule has 0 radical (unpaired) electrons. The fraction of sp³-hybridized carbons (Fsp3) is 0.588. The van der Waals surface area contributed by atoms with Crippen LogP contribution in [0.4, 0.5) is 13.2 Å². The Morgan fingerprint density at radius 2 is 1.83 bits per heavy atom. The van der Waals surface area contributed by atoms with Crippen LogP contribution >= 0.6 is 0 Å². The third-order valence-corrected chi connectivity index (χ3v) is 5.25. The van der Waals surface area contributed by atoms with Crippen molar-refractivity contribution in [2.24, 2.45) is 5.41 Å². The molecule has 1 amide bonds. The zero-order valence-electron chi connectivity index (χ0n) is 13.2. The van der Waals surface area contributed by atoms with Crippen LogP contribution in [0, 0.1) is 5.41 Å². The highest BCUT2D eigenvalue weighted by molar-refractivity contribution is 5.79. The first kappa shape index (κ1) is 17.1. The average molecular weight is 343 g/mol. The molecule has 24 heavy (non-hydrogen) atoms. The van der Waals surface area contributed by atoms with E-state index in [1.54, 1.807) is 4.90 Å². The lowest BCUT2D eigenvalue weighted by molar-refractivity contribution is -0.274. The Labute approximate surface area is 138 Å². The Bertz CT molecular complexity index is 592. The highest BCUT2D eigenvalue weighted by Crippen LogP contribution is 2.49. The van der Waals surface area contributed by atoms with E-state index in [1.165, 1.54) is 24.3 Å². The molecule has 2 fully saturated rings. The van der Waals surface area contributed by atoms with Crippen molar-refractivity contribution in [1.29, 1.82) is 0 Å². The molecule has 1 heterocycles. The number of piperidine rings is 1. The number of aliphatic hydroxyl groups is 1. The SMILES string of the molecule is O=C(Cc1ccc(OC(F)(F)F)cc1)N1CCC2(CCC2O)CC1. The summed E-state index contributed by atoms with van der Waals surface area (Å²) in [5.41, 5.74) is 0.659. The van der Waals surface area contributed by atoms with Crippen LogP contribution in [0.1, 0.15) is 31.2 Å². The molecular weight excluding hydrogens is 323 g/mol. The Balaban J connectivity index is 1.52. The number of hydrogen-bond donors (Lipinski definition) is 1. The van der Waals surface area contributed by atoms with E-state index in [0.717, 1.165) is 25.7 Å².